The van der Waals surface area contributed by atoms with Crippen molar-refractivity contribution in [3.8, 4) is 6.07 Å². The van der Waals surface area contributed by atoms with Gasteiger partial charge in [-0.05, 0) is 48.4 Å². The number of hydrogen-bond acceptors (Lipinski definition) is 4. The smallest absolute Gasteiger partial charge is 0.0995 e. The Bertz CT molecular complexity index is 1040. The standard InChI is InChI=1S/C23H24N4O/c24-11-16-5-1-2-6-17(16)12-26-13-18-9-22(23(28)10-19(18)14-26)27-15-25-20-7-3-4-8-21(20)27/h1-8,15,18-19,22-23,28H,9-10,12-14H2/t18-,19+,22-,23-/m1/s1. The topological polar surface area (TPSA) is 65.1 Å². The predicted octanol–water partition coefficient (Wildman–Crippen LogP) is 3.35. The van der Waals surface area contributed by atoms with Gasteiger partial charge in [0.2, 0.25) is 0 Å². The van der Waals surface area contributed by atoms with Crippen LogP contribution in [0.1, 0.15) is 30.0 Å². The summed E-state index contributed by atoms with van der Waals surface area (Å²) >= 11 is 0. The maximum Gasteiger partial charge on any atom is 0.0995 e. The molecule has 1 N–H and O–H groups in total. The van der Waals surface area contributed by atoms with Crippen molar-refractivity contribution in [2.24, 2.45) is 11.8 Å². The van der Waals surface area contributed by atoms with Crippen molar-refractivity contribution in [3.63, 3.8) is 0 Å². The lowest BCUT2D eigenvalue weighted by Crippen LogP contribution is -2.36. The fourth-order valence-corrected chi connectivity index (χ4v) is 5.18. The van der Waals surface area contributed by atoms with Crippen LogP contribution < -0.4 is 0 Å². The molecule has 5 heteroatoms. The first-order valence-electron chi connectivity index (χ1n) is 10.0. The molecule has 4 atom stereocenters. The molecule has 2 aromatic carbocycles. The van der Waals surface area contributed by atoms with E-state index in [2.05, 4.69) is 32.7 Å². The van der Waals surface area contributed by atoms with Crippen molar-refractivity contribution < 1.29 is 5.11 Å². The number of benzene rings is 2. The third-order valence-electron chi connectivity index (χ3n) is 6.55. The molecule has 2 heterocycles. The number of aliphatic hydroxyl groups excluding tert-OH is 1. The van der Waals surface area contributed by atoms with Gasteiger partial charge in [-0.2, -0.15) is 5.26 Å². The minimum absolute atomic E-state index is 0.0833. The maximum atomic E-state index is 10.9. The molecular weight excluding hydrogens is 348 g/mol. The molecular formula is C23H24N4O. The molecule has 5 nitrogen and oxygen atoms in total. The van der Waals surface area contributed by atoms with E-state index in [9.17, 15) is 10.4 Å². The molecule has 28 heavy (non-hydrogen) atoms. The minimum atomic E-state index is -0.342. The Morgan fingerprint density at radius 2 is 1.79 bits per heavy atom. The number of rotatable bonds is 3. The first kappa shape index (κ1) is 17.4. The van der Waals surface area contributed by atoms with Gasteiger partial charge in [0.15, 0.2) is 0 Å². The van der Waals surface area contributed by atoms with E-state index >= 15 is 0 Å². The number of likely N-dealkylation sites (tertiary alicyclic amines) is 1. The van der Waals surface area contributed by atoms with E-state index < -0.39 is 0 Å². The van der Waals surface area contributed by atoms with Gasteiger partial charge in [-0.25, -0.2) is 4.98 Å². The summed E-state index contributed by atoms with van der Waals surface area (Å²) in [7, 11) is 0. The molecule has 0 bridgehead atoms. The quantitative estimate of drug-likeness (QED) is 0.766. The highest BCUT2D eigenvalue weighted by Gasteiger charge is 2.42. The monoisotopic (exact) mass is 372 g/mol. The van der Waals surface area contributed by atoms with Gasteiger partial charge in [0.05, 0.1) is 41.1 Å². The number of nitrogens with zero attached hydrogens (tertiary/aromatic N) is 4. The number of para-hydroxylation sites is 2. The van der Waals surface area contributed by atoms with Crippen molar-refractivity contribution in [3.05, 3.63) is 66.0 Å². The fourth-order valence-electron chi connectivity index (χ4n) is 5.18. The molecule has 2 fully saturated rings. The Hall–Kier alpha value is -2.68. The van der Waals surface area contributed by atoms with Crippen LogP contribution in [-0.2, 0) is 6.54 Å². The summed E-state index contributed by atoms with van der Waals surface area (Å²) in [5.74, 6) is 1.10. The zero-order chi connectivity index (χ0) is 19.1. The van der Waals surface area contributed by atoms with Gasteiger partial charge in [-0.3, -0.25) is 4.90 Å². The van der Waals surface area contributed by atoms with Crippen molar-refractivity contribution >= 4 is 11.0 Å². The summed E-state index contributed by atoms with van der Waals surface area (Å²) in [6.07, 6.45) is 3.35. The Morgan fingerprint density at radius 3 is 2.64 bits per heavy atom. The number of aromatic nitrogens is 2. The Kier molecular flexibility index (Phi) is 4.38. The van der Waals surface area contributed by atoms with E-state index in [0.29, 0.717) is 11.8 Å². The van der Waals surface area contributed by atoms with Crippen LogP contribution in [0.25, 0.3) is 11.0 Å². The van der Waals surface area contributed by atoms with Crippen molar-refractivity contribution in [1.29, 1.82) is 5.26 Å². The highest BCUT2D eigenvalue weighted by molar-refractivity contribution is 5.75. The number of aliphatic hydroxyl groups is 1. The molecule has 0 amide bonds. The van der Waals surface area contributed by atoms with E-state index in [1.807, 2.05) is 42.7 Å². The summed E-state index contributed by atoms with van der Waals surface area (Å²) in [5, 5.41) is 20.2. The van der Waals surface area contributed by atoms with Crippen LogP contribution in [0, 0.1) is 23.2 Å². The van der Waals surface area contributed by atoms with E-state index in [1.54, 1.807) is 0 Å². The van der Waals surface area contributed by atoms with Crippen LogP contribution >= 0.6 is 0 Å². The van der Waals surface area contributed by atoms with Gasteiger partial charge >= 0.3 is 0 Å². The summed E-state index contributed by atoms with van der Waals surface area (Å²) in [6, 6.07) is 18.4. The molecule has 3 aromatic rings. The van der Waals surface area contributed by atoms with Gasteiger partial charge < -0.3 is 9.67 Å². The molecule has 142 valence electrons. The summed E-state index contributed by atoms with van der Waals surface area (Å²) in [6.45, 7) is 2.84. The van der Waals surface area contributed by atoms with Crippen LogP contribution in [0.15, 0.2) is 54.9 Å². The molecule has 1 aliphatic carbocycles. The average molecular weight is 372 g/mol. The van der Waals surface area contributed by atoms with Crippen LogP contribution in [0.3, 0.4) is 0 Å². The van der Waals surface area contributed by atoms with Gasteiger partial charge in [0.1, 0.15) is 0 Å². The van der Waals surface area contributed by atoms with Gasteiger partial charge in [0, 0.05) is 19.6 Å². The summed E-state index contributed by atoms with van der Waals surface area (Å²) in [4.78, 5) is 6.97. The molecule has 1 saturated heterocycles. The lowest BCUT2D eigenvalue weighted by molar-refractivity contribution is 0.0374. The second kappa shape index (κ2) is 7.05. The number of imidazole rings is 1. The first-order valence-corrected chi connectivity index (χ1v) is 10.0. The molecule has 1 saturated carbocycles. The Balaban J connectivity index is 1.34. The lowest BCUT2D eigenvalue weighted by atomic mass is 9.77. The van der Waals surface area contributed by atoms with Crippen molar-refractivity contribution in [2.75, 3.05) is 13.1 Å². The Morgan fingerprint density at radius 1 is 1.04 bits per heavy atom. The first-order chi connectivity index (χ1) is 13.7. The molecule has 1 aliphatic heterocycles. The van der Waals surface area contributed by atoms with Crippen LogP contribution in [0.5, 0.6) is 0 Å². The molecule has 2 aliphatic rings. The highest BCUT2D eigenvalue weighted by Crippen LogP contribution is 2.42. The summed E-state index contributed by atoms with van der Waals surface area (Å²) in [5.41, 5.74) is 3.95. The van der Waals surface area contributed by atoms with Crippen LogP contribution in [0.4, 0.5) is 0 Å². The third kappa shape index (κ3) is 2.99. The van der Waals surface area contributed by atoms with Gasteiger partial charge in [0.25, 0.3) is 0 Å². The minimum Gasteiger partial charge on any atom is -0.391 e. The predicted molar refractivity (Wildman–Crippen MR) is 107 cm³/mol. The molecule has 0 spiro atoms. The second-order valence-corrected chi connectivity index (χ2v) is 8.23. The van der Waals surface area contributed by atoms with E-state index in [4.69, 9.17) is 0 Å². The van der Waals surface area contributed by atoms with Crippen molar-refractivity contribution in [1.82, 2.24) is 14.5 Å². The lowest BCUT2D eigenvalue weighted by Gasteiger charge is -2.36. The van der Waals surface area contributed by atoms with Crippen LogP contribution in [0.2, 0.25) is 0 Å². The fraction of sp³-hybridized carbons (Fsp3) is 0.391. The third-order valence-corrected chi connectivity index (χ3v) is 6.55. The normalized spacial score (nSPS) is 27.6. The SMILES string of the molecule is N#Cc1ccccc1CN1C[C@H]2C[C@@H](n3cnc4ccccc43)[C@H](O)C[C@H]2C1. The van der Waals surface area contributed by atoms with Gasteiger partial charge in [-0.15, -0.1) is 0 Å². The highest BCUT2D eigenvalue weighted by atomic mass is 16.3. The number of hydrogen-bond donors (Lipinski definition) is 1. The molecule has 5 rings (SSSR count). The summed E-state index contributed by atoms with van der Waals surface area (Å²) < 4.78 is 2.17. The molecule has 0 unspecified atom stereocenters. The van der Waals surface area contributed by atoms with Gasteiger partial charge in [-0.1, -0.05) is 30.3 Å². The van der Waals surface area contributed by atoms with Crippen molar-refractivity contribution in [2.45, 2.75) is 31.5 Å². The maximum absolute atomic E-state index is 10.9. The number of nitriles is 1. The zero-order valence-corrected chi connectivity index (χ0v) is 15.8. The molecule has 1 aromatic heterocycles. The number of fused-ring (bicyclic) bond motifs is 2. The van der Waals surface area contributed by atoms with E-state index in [1.165, 1.54) is 0 Å². The van der Waals surface area contributed by atoms with E-state index in [0.717, 1.165) is 54.6 Å². The average Bonchev–Trinajstić information content (AvgIpc) is 3.31. The second-order valence-electron chi connectivity index (χ2n) is 8.23. The van der Waals surface area contributed by atoms with Crippen LogP contribution in [-0.4, -0.2) is 38.8 Å². The molecule has 0 radical (unpaired) electrons. The van der Waals surface area contributed by atoms with E-state index in [-0.39, 0.29) is 12.1 Å². The Labute approximate surface area is 164 Å². The zero-order valence-electron chi connectivity index (χ0n) is 15.8. The largest absolute Gasteiger partial charge is 0.391 e.